The third kappa shape index (κ3) is 9.63. The Bertz CT molecular complexity index is 1040. The average molecular weight is 767 g/mol. The second kappa shape index (κ2) is 20.3. The minimum absolute atomic E-state index is 0.856. The quantitative estimate of drug-likeness (QED) is 0.204. The fraction of sp³-hybridized carbons (Fsp3) is 0.926. The summed E-state index contributed by atoms with van der Waals surface area (Å²) in [6.07, 6.45) is 65.5. The first kappa shape index (κ1) is 40.8. The van der Waals surface area contributed by atoms with Gasteiger partial charge in [-0.15, -0.1) is 0 Å². The molecule has 9 aliphatic carbocycles. The van der Waals surface area contributed by atoms with Crippen molar-refractivity contribution in [1.29, 1.82) is 0 Å². The van der Waals surface area contributed by atoms with Gasteiger partial charge in [-0.2, -0.15) is 0 Å². The van der Waals surface area contributed by atoms with E-state index >= 15 is 0 Å². The van der Waals surface area contributed by atoms with Crippen LogP contribution in [0.25, 0.3) is 0 Å². The summed E-state index contributed by atoms with van der Waals surface area (Å²) >= 11 is 0. The molecule has 9 saturated carbocycles. The van der Waals surface area contributed by atoms with Crippen LogP contribution in [0.3, 0.4) is 0 Å². The molecule has 0 saturated heterocycles. The molecule has 0 aliphatic heterocycles. The van der Waals surface area contributed by atoms with Crippen molar-refractivity contribution in [1.82, 2.24) is 9.80 Å². The molecule has 9 fully saturated rings. The van der Waals surface area contributed by atoms with Crippen LogP contribution in [0.2, 0.25) is 0 Å². The Balaban J connectivity index is 0.829. The van der Waals surface area contributed by atoms with Gasteiger partial charge in [-0.1, -0.05) is 127 Å². The summed E-state index contributed by atoms with van der Waals surface area (Å²) < 4.78 is 0. The summed E-state index contributed by atoms with van der Waals surface area (Å²) in [5.41, 5.74) is 0. The highest BCUT2D eigenvalue weighted by Gasteiger charge is 2.49. The molecule has 56 heavy (non-hydrogen) atoms. The van der Waals surface area contributed by atoms with Gasteiger partial charge in [0.1, 0.15) is 0 Å². The molecule has 0 radical (unpaired) electrons. The monoisotopic (exact) mass is 767 g/mol. The molecule has 0 aromatic carbocycles. The first-order valence-corrected chi connectivity index (χ1v) is 26.7. The molecule has 316 valence electrons. The minimum Gasteiger partial charge on any atom is -0.294 e. The normalized spacial score (nSPS) is 40.7. The number of hydrogen-bond acceptors (Lipinski definition) is 2. The van der Waals surface area contributed by atoms with Crippen molar-refractivity contribution in [3.05, 3.63) is 24.3 Å². The predicted octanol–water partition coefficient (Wildman–Crippen LogP) is 15.0. The van der Waals surface area contributed by atoms with E-state index in [1.165, 1.54) is 231 Å². The lowest BCUT2D eigenvalue weighted by Crippen LogP contribution is -2.52. The lowest BCUT2D eigenvalue weighted by atomic mass is 9.50. The number of nitrogens with zero attached hydrogens (tertiary/aromatic N) is 2. The van der Waals surface area contributed by atoms with Gasteiger partial charge in [0.15, 0.2) is 0 Å². The molecule has 2 heteroatoms. The Kier molecular flexibility index (Phi) is 14.8. The molecule has 9 aliphatic rings. The summed E-state index contributed by atoms with van der Waals surface area (Å²) in [5, 5.41) is 0. The second-order valence-corrected chi connectivity index (χ2v) is 22.3. The molecule has 0 N–H and O–H groups in total. The van der Waals surface area contributed by atoms with E-state index in [4.69, 9.17) is 0 Å². The molecule has 0 spiro atoms. The maximum Gasteiger partial charge on any atom is 0.0102 e. The van der Waals surface area contributed by atoms with Crippen LogP contribution in [-0.4, -0.2) is 46.1 Å². The smallest absolute Gasteiger partial charge is 0.0102 e. The van der Waals surface area contributed by atoms with E-state index in [-0.39, 0.29) is 0 Å². The van der Waals surface area contributed by atoms with Crippen molar-refractivity contribution in [2.24, 2.45) is 47.3 Å². The summed E-state index contributed by atoms with van der Waals surface area (Å²) in [5.74, 6) is 7.35. The highest BCUT2D eigenvalue weighted by atomic mass is 15.2. The van der Waals surface area contributed by atoms with E-state index in [2.05, 4.69) is 34.1 Å². The van der Waals surface area contributed by atoms with Gasteiger partial charge in [-0.05, 0) is 176 Å². The Morgan fingerprint density at radius 3 is 0.714 bits per heavy atom. The lowest BCUT2D eigenvalue weighted by Gasteiger charge is -2.54. The van der Waals surface area contributed by atoms with Crippen molar-refractivity contribution in [3.63, 3.8) is 0 Å². The third-order valence-corrected chi connectivity index (χ3v) is 19.2. The molecule has 0 heterocycles. The van der Waals surface area contributed by atoms with Gasteiger partial charge < -0.3 is 0 Å². The molecular formula is C54H90N2. The maximum atomic E-state index is 3.20. The van der Waals surface area contributed by atoms with Crippen molar-refractivity contribution in [2.45, 2.75) is 267 Å². The van der Waals surface area contributed by atoms with Gasteiger partial charge in [-0.25, -0.2) is 0 Å². The Morgan fingerprint density at radius 1 is 0.214 bits per heavy atom. The SMILES string of the molecule is C(=CC1C2CCCCC2C(C=CC2CCC(N(C3CCCCC3)C3CCCCC3)CC2)C2CCCCC12)C1CCC(N(C2CCCCC2)C2CCCCC2)CC1. The number of fused-ring (bicyclic) bond motifs is 2. The van der Waals surface area contributed by atoms with E-state index in [1.807, 2.05) is 0 Å². The molecule has 9 rings (SSSR count). The number of hydrogen-bond donors (Lipinski definition) is 0. The van der Waals surface area contributed by atoms with Gasteiger partial charge in [0.05, 0.1) is 0 Å². The van der Waals surface area contributed by atoms with E-state index in [9.17, 15) is 0 Å². The van der Waals surface area contributed by atoms with Gasteiger partial charge in [0.2, 0.25) is 0 Å². The van der Waals surface area contributed by atoms with Gasteiger partial charge in [0, 0.05) is 36.3 Å². The highest BCUT2D eigenvalue weighted by Crippen LogP contribution is 2.57. The Labute approximate surface area is 347 Å². The van der Waals surface area contributed by atoms with E-state index in [0.29, 0.717) is 0 Å². The topological polar surface area (TPSA) is 6.48 Å². The number of rotatable bonds is 10. The lowest BCUT2D eigenvalue weighted by molar-refractivity contribution is -0.0245. The molecule has 0 amide bonds. The van der Waals surface area contributed by atoms with Crippen molar-refractivity contribution >= 4 is 0 Å². The van der Waals surface area contributed by atoms with Crippen LogP contribution >= 0.6 is 0 Å². The van der Waals surface area contributed by atoms with Crippen molar-refractivity contribution < 1.29 is 0 Å². The van der Waals surface area contributed by atoms with Gasteiger partial charge >= 0.3 is 0 Å². The summed E-state index contributed by atoms with van der Waals surface area (Å²) in [7, 11) is 0. The van der Waals surface area contributed by atoms with Crippen LogP contribution < -0.4 is 0 Å². The van der Waals surface area contributed by atoms with Crippen molar-refractivity contribution in [2.75, 3.05) is 0 Å². The first-order valence-electron chi connectivity index (χ1n) is 26.7. The van der Waals surface area contributed by atoms with Crippen molar-refractivity contribution in [3.8, 4) is 0 Å². The molecular weight excluding hydrogens is 677 g/mol. The molecule has 0 aromatic rings. The standard InChI is InChI=1S/C54H90N2/c1-5-17-43(18-6-1)55(44-19-7-2-8-20-44)47-35-29-41(30-36-47)33-39-53-49-25-13-15-27-51(49)54(52-28-16-14-26-50(52)53)40-34-42-31-37-48(38-32-42)56(45-21-9-3-10-22-45)46-23-11-4-12-24-46/h33-34,39-54H,1-32,35-38H2. The molecule has 4 unspecified atom stereocenters. The van der Waals surface area contributed by atoms with E-state index in [0.717, 1.165) is 83.6 Å². The fourth-order valence-corrected chi connectivity index (χ4v) is 16.6. The van der Waals surface area contributed by atoms with Crippen LogP contribution in [0.4, 0.5) is 0 Å². The summed E-state index contributed by atoms with van der Waals surface area (Å²) in [6, 6.07) is 5.44. The maximum absolute atomic E-state index is 3.20. The fourth-order valence-electron chi connectivity index (χ4n) is 16.6. The Hall–Kier alpha value is -0.600. The molecule has 4 atom stereocenters. The van der Waals surface area contributed by atoms with Crippen LogP contribution in [-0.2, 0) is 0 Å². The number of allylic oxidation sites excluding steroid dienone is 4. The zero-order valence-electron chi connectivity index (χ0n) is 36.7. The zero-order chi connectivity index (χ0) is 37.5. The molecule has 0 bridgehead atoms. The zero-order valence-corrected chi connectivity index (χ0v) is 36.7. The third-order valence-electron chi connectivity index (χ3n) is 19.2. The van der Waals surface area contributed by atoms with Crippen LogP contribution in [0, 0.1) is 47.3 Å². The highest BCUT2D eigenvalue weighted by molar-refractivity contribution is 5.12. The van der Waals surface area contributed by atoms with Gasteiger partial charge in [-0.3, -0.25) is 9.80 Å². The first-order chi connectivity index (χ1) is 27.8. The van der Waals surface area contributed by atoms with Crippen LogP contribution in [0.5, 0.6) is 0 Å². The van der Waals surface area contributed by atoms with Gasteiger partial charge in [0.25, 0.3) is 0 Å². The predicted molar refractivity (Wildman–Crippen MR) is 239 cm³/mol. The minimum atomic E-state index is 0.856. The molecule has 2 nitrogen and oxygen atoms in total. The van der Waals surface area contributed by atoms with E-state index < -0.39 is 0 Å². The second-order valence-electron chi connectivity index (χ2n) is 22.3. The summed E-state index contributed by atoms with van der Waals surface area (Å²) in [6.45, 7) is 0. The Morgan fingerprint density at radius 2 is 0.446 bits per heavy atom. The average Bonchev–Trinajstić information content (AvgIpc) is 3.27. The molecule has 0 aromatic heterocycles. The van der Waals surface area contributed by atoms with Crippen LogP contribution in [0.15, 0.2) is 24.3 Å². The largest absolute Gasteiger partial charge is 0.294 e. The van der Waals surface area contributed by atoms with E-state index in [1.54, 1.807) is 0 Å². The van der Waals surface area contributed by atoms with Crippen LogP contribution in [0.1, 0.15) is 231 Å². The summed E-state index contributed by atoms with van der Waals surface area (Å²) in [4.78, 5) is 6.39.